The minimum absolute atomic E-state index is 0.00329. The molecule has 8 nitrogen and oxygen atoms in total. The standard InChI is InChI=1S/C24H18F5N5O2S.C5H10FN/c1-34(9-5-10(35)6-9)22-12-7-14(24(27,28)29)17(18(26)19(12)32-23(33-22)36-2)11-3-4-15(25)20-16(11)13(8-30)21(31)37-20;1-7-3-2-5(6)4-7/h3-4,7,9-10,35H,5-6,31H2,1-2H3;5H,2-4H2,1H3. The van der Waals surface area contributed by atoms with Crippen molar-refractivity contribution in [3.63, 3.8) is 0 Å². The molecule has 2 aromatic carbocycles. The van der Waals surface area contributed by atoms with E-state index in [1.54, 1.807) is 18.0 Å². The lowest BCUT2D eigenvalue weighted by Gasteiger charge is -2.39. The lowest BCUT2D eigenvalue weighted by molar-refractivity contribution is -0.137. The zero-order valence-corrected chi connectivity index (χ0v) is 24.7. The minimum Gasteiger partial charge on any atom is -0.467 e. The van der Waals surface area contributed by atoms with Gasteiger partial charge < -0.3 is 25.4 Å². The van der Waals surface area contributed by atoms with Crippen molar-refractivity contribution < 1.29 is 36.2 Å². The molecule has 0 bridgehead atoms. The highest BCUT2D eigenvalue weighted by atomic mass is 32.1. The molecule has 1 aliphatic carbocycles. The fourth-order valence-electron chi connectivity index (χ4n) is 5.48. The third kappa shape index (κ3) is 5.69. The van der Waals surface area contributed by atoms with Gasteiger partial charge in [-0.3, -0.25) is 0 Å². The monoisotopic (exact) mass is 638 g/mol. The SMILES string of the molecule is CN1CCC(F)C1.COc1nc(N(C)C2CC(O)C2)c2cc(C(F)(F)F)c(-c3ccc(F)c4sc(N)c(C#N)c34)c(F)c2n1. The molecule has 1 atom stereocenters. The van der Waals surface area contributed by atoms with Crippen LogP contribution >= 0.6 is 11.3 Å². The van der Waals surface area contributed by atoms with Gasteiger partial charge in [0, 0.05) is 42.5 Å². The molecule has 1 saturated carbocycles. The minimum atomic E-state index is -5.04. The molecule has 1 aliphatic heterocycles. The van der Waals surface area contributed by atoms with Gasteiger partial charge in [-0.05, 0) is 44.0 Å². The summed E-state index contributed by atoms with van der Waals surface area (Å²) < 4.78 is 91.1. The van der Waals surface area contributed by atoms with E-state index in [-0.39, 0.29) is 49.5 Å². The maximum atomic E-state index is 16.2. The van der Waals surface area contributed by atoms with E-state index in [4.69, 9.17) is 10.5 Å². The number of anilines is 2. The smallest absolute Gasteiger partial charge is 0.417 e. The first-order chi connectivity index (χ1) is 20.7. The van der Waals surface area contributed by atoms with Crippen molar-refractivity contribution in [2.75, 3.05) is 44.9 Å². The number of aliphatic hydroxyl groups is 1. The highest BCUT2D eigenvalue weighted by Gasteiger charge is 2.39. The van der Waals surface area contributed by atoms with Gasteiger partial charge in [0.2, 0.25) is 0 Å². The normalized spacial score (nSPS) is 20.2. The maximum absolute atomic E-state index is 16.2. The number of fused-ring (bicyclic) bond motifs is 2. The van der Waals surface area contributed by atoms with Crippen molar-refractivity contribution in [1.29, 1.82) is 5.26 Å². The van der Waals surface area contributed by atoms with E-state index >= 15 is 4.39 Å². The Morgan fingerprint density at radius 3 is 2.45 bits per heavy atom. The van der Waals surface area contributed by atoms with Crippen LogP contribution in [-0.2, 0) is 6.18 Å². The second-order valence-corrected chi connectivity index (χ2v) is 11.9. The number of nitrogens with two attached hydrogens (primary N) is 1. The zero-order chi connectivity index (χ0) is 32.1. The van der Waals surface area contributed by atoms with Gasteiger partial charge in [0.05, 0.1) is 29.0 Å². The predicted molar refractivity (Wildman–Crippen MR) is 155 cm³/mol. The van der Waals surface area contributed by atoms with E-state index in [1.807, 2.05) is 11.9 Å². The molecular weight excluding hydrogens is 610 g/mol. The van der Waals surface area contributed by atoms with Gasteiger partial charge in [-0.25, -0.2) is 13.2 Å². The summed E-state index contributed by atoms with van der Waals surface area (Å²) in [5.74, 6) is -2.14. The van der Waals surface area contributed by atoms with E-state index in [1.165, 1.54) is 7.11 Å². The average molecular weight is 639 g/mol. The first-order valence-corrected chi connectivity index (χ1v) is 14.4. The number of likely N-dealkylation sites (tertiary alicyclic amines) is 1. The van der Waals surface area contributed by atoms with Crippen LogP contribution in [0.4, 0.5) is 37.2 Å². The lowest BCUT2D eigenvalue weighted by Crippen LogP contribution is -2.45. The second-order valence-electron chi connectivity index (χ2n) is 10.8. The van der Waals surface area contributed by atoms with Crippen molar-refractivity contribution in [1.82, 2.24) is 14.9 Å². The molecule has 4 aromatic rings. The van der Waals surface area contributed by atoms with E-state index in [2.05, 4.69) is 9.97 Å². The molecule has 234 valence electrons. The average Bonchev–Trinajstić information content (AvgIpc) is 3.51. The molecule has 2 fully saturated rings. The van der Waals surface area contributed by atoms with Crippen LogP contribution in [0.15, 0.2) is 18.2 Å². The molecule has 1 saturated heterocycles. The van der Waals surface area contributed by atoms with Crippen molar-refractivity contribution in [2.45, 2.75) is 43.8 Å². The first-order valence-electron chi connectivity index (χ1n) is 13.5. The molecule has 44 heavy (non-hydrogen) atoms. The van der Waals surface area contributed by atoms with Crippen molar-refractivity contribution >= 4 is 43.1 Å². The zero-order valence-electron chi connectivity index (χ0n) is 23.8. The molecule has 6 rings (SSSR count). The quantitative estimate of drug-likeness (QED) is 0.266. The summed E-state index contributed by atoms with van der Waals surface area (Å²) in [6.45, 7) is 1.57. The number of benzene rings is 2. The molecule has 2 aliphatic rings. The molecule has 15 heteroatoms. The number of aliphatic hydroxyl groups excluding tert-OH is 1. The Morgan fingerprint density at radius 2 is 1.93 bits per heavy atom. The van der Waals surface area contributed by atoms with Crippen LogP contribution in [0, 0.1) is 23.0 Å². The molecule has 3 N–H and O–H groups in total. The van der Waals surface area contributed by atoms with Gasteiger partial charge >= 0.3 is 12.2 Å². The Morgan fingerprint density at radius 1 is 1.23 bits per heavy atom. The van der Waals surface area contributed by atoms with Gasteiger partial charge in [0.25, 0.3) is 0 Å². The van der Waals surface area contributed by atoms with Crippen LogP contribution in [0.1, 0.15) is 30.4 Å². The number of ether oxygens (including phenoxy) is 1. The third-order valence-corrected chi connectivity index (χ3v) is 8.91. The number of nitrogens with zero attached hydrogens (tertiary/aromatic N) is 5. The summed E-state index contributed by atoms with van der Waals surface area (Å²) in [5, 5.41) is 18.7. The molecule has 0 radical (unpaired) electrons. The summed E-state index contributed by atoms with van der Waals surface area (Å²) in [6.07, 6.45) is -4.68. The topological polar surface area (TPSA) is 112 Å². The van der Waals surface area contributed by atoms with Crippen molar-refractivity contribution in [3.05, 3.63) is 41.0 Å². The fourth-order valence-corrected chi connectivity index (χ4v) is 6.43. The van der Waals surface area contributed by atoms with Crippen LogP contribution in [-0.4, -0.2) is 72.6 Å². The largest absolute Gasteiger partial charge is 0.467 e. The number of rotatable bonds is 4. The lowest BCUT2D eigenvalue weighted by atomic mass is 9.88. The van der Waals surface area contributed by atoms with Gasteiger partial charge in [-0.1, -0.05) is 6.07 Å². The summed E-state index contributed by atoms with van der Waals surface area (Å²) in [6, 6.07) is 3.90. The highest BCUT2D eigenvalue weighted by Crippen LogP contribution is 2.48. The molecule has 0 amide bonds. The second kappa shape index (κ2) is 11.9. The summed E-state index contributed by atoms with van der Waals surface area (Å²) >= 11 is 0.690. The third-order valence-electron chi connectivity index (χ3n) is 7.88. The Hall–Kier alpha value is -3.87. The van der Waals surface area contributed by atoms with E-state index in [0.29, 0.717) is 30.7 Å². The summed E-state index contributed by atoms with van der Waals surface area (Å²) in [5.41, 5.74) is 2.55. The summed E-state index contributed by atoms with van der Waals surface area (Å²) in [4.78, 5) is 11.7. The van der Waals surface area contributed by atoms with Gasteiger partial charge in [0.15, 0.2) is 5.82 Å². The van der Waals surface area contributed by atoms with Gasteiger partial charge in [-0.2, -0.15) is 28.4 Å². The maximum Gasteiger partial charge on any atom is 0.417 e. The van der Waals surface area contributed by atoms with Crippen LogP contribution < -0.4 is 15.4 Å². The Bertz CT molecular complexity index is 1760. The highest BCUT2D eigenvalue weighted by molar-refractivity contribution is 7.23. The van der Waals surface area contributed by atoms with Crippen LogP contribution in [0.3, 0.4) is 0 Å². The Labute approximate surface area is 252 Å². The van der Waals surface area contributed by atoms with E-state index < -0.39 is 46.7 Å². The molecular formula is C29H28F6N6O2S. The Kier molecular flexibility index (Phi) is 8.54. The number of nitriles is 1. The van der Waals surface area contributed by atoms with Crippen LogP contribution in [0.25, 0.3) is 32.1 Å². The number of hydrogen-bond donors (Lipinski definition) is 2. The number of nitrogen functional groups attached to an aromatic ring is 1. The predicted octanol–water partition coefficient (Wildman–Crippen LogP) is 5.89. The van der Waals surface area contributed by atoms with Crippen molar-refractivity contribution in [2.24, 2.45) is 0 Å². The molecule has 1 unspecified atom stereocenters. The fraction of sp³-hybridized carbons (Fsp3) is 0.414. The number of hydrogen-bond acceptors (Lipinski definition) is 9. The van der Waals surface area contributed by atoms with E-state index in [9.17, 15) is 32.3 Å². The number of thiophene rings is 1. The summed E-state index contributed by atoms with van der Waals surface area (Å²) in [7, 11) is 4.76. The van der Waals surface area contributed by atoms with Gasteiger partial charge in [-0.15, -0.1) is 11.3 Å². The molecule has 3 heterocycles. The number of alkyl halides is 4. The van der Waals surface area contributed by atoms with E-state index in [0.717, 1.165) is 31.2 Å². The molecule has 2 aromatic heterocycles. The van der Waals surface area contributed by atoms with Crippen molar-refractivity contribution in [3.8, 4) is 23.2 Å². The first kappa shape index (κ1) is 31.6. The number of methoxy groups -OCH3 is 1. The van der Waals surface area contributed by atoms with Gasteiger partial charge in [0.1, 0.15) is 34.4 Å². The van der Waals surface area contributed by atoms with Crippen LogP contribution in [0.5, 0.6) is 6.01 Å². The number of halogens is 6. The number of aromatic nitrogens is 2. The van der Waals surface area contributed by atoms with Crippen LogP contribution in [0.2, 0.25) is 0 Å². The Balaban J connectivity index is 0.000000484. The molecule has 0 spiro atoms.